The molecule has 166 valence electrons. The molecule has 1 heterocycles. The van der Waals surface area contributed by atoms with Crippen LogP contribution in [0.2, 0.25) is 0 Å². The van der Waals surface area contributed by atoms with Gasteiger partial charge in [0.15, 0.2) is 0 Å². The van der Waals surface area contributed by atoms with Crippen molar-refractivity contribution in [3.8, 4) is 0 Å². The standard InChI is InChI=1S/C20H26F3N3O3S/c21-20(22,23)12-26-9-3-6-15(11-26)30(28,29)25-19(27)24-18-16-7-1-4-13(16)10-14-5-2-8-17(14)18/h10,15H,1-9,11-12H2,(H2,24,25,27). The lowest BCUT2D eigenvalue weighted by molar-refractivity contribution is -0.147. The van der Waals surface area contributed by atoms with Gasteiger partial charge in [-0.1, -0.05) is 6.07 Å². The molecule has 2 aliphatic carbocycles. The Kier molecular flexibility index (Phi) is 5.73. The summed E-state index contributed by atoms with van der Waals surface area (Å²) in [6, 6.07) is 1.37. The fourth-order valence-corrected chi connectivity index (χ4v) is 6.34. The molecule has 1 aliphatic heterocycles. The van der Waals surface area contributed by atoms with E-state index in [1.807, 2.05) is 0 Å². The Morgan fingerprint density at radius 3 is 2.30 bits per heavy atom. The zero-order chi connectivity index (χ0) is 21.5. The predicted octanol–water partition coefficient (Wildman–Crippen LogP) is 3.14. The summed E-state index contributed by atoms with van der Waals surface area (Å²) in [4.78, 5) is 13.7. The van der Waals surface area contributed by atoms with Crippen LogP contribution in [0.4, 0.5) is 23.7 Å². The number of halogens is 3. The van der Waals surface area contributed by atoms with Crippen LogP contribution in [0.15, 0.2) is 6.07 Å². The molecule has 30 heavy (non-hydrogen) atoms. The van der Waals surface area contributed by atoms with Gasteiger partial charge in [0, 0.05) is 12.2 Å². The summed E-state index contributed by atoms with van der Waals surface area (Å²) in [7, 11) is -4.09. The van der Waals surface area contributed by atoms with Gasteiger partial charge in [0.2, 0.25) is 10.0 Å². The highest BCUT2D eigenvalue weighted by atomic mass is 32.2. The number of carbonyl (C=O) groups is 1. The van der Waals surface area contributed by atoms with Gasteiger partial charge in [-0.2, -0.15) is 13.2 Å². The molecular formula is C20H26F3N3O3S. The van der Waals surface area contributed by atoms with E-state index in [2.05, 4.69) is 16.1 Å². The number of carbonyl (C=O) groups excluding carboxylic acids is 1. The number of fused-ring (bicyclic) bond motifs is 2. The van der Waals surface area contributed by atoms with Crippen LogP contribution >= 0.6 is 0 Å². The van der Waals surface area contributed by atoms with Crippen LogP contribution in [0, 0.1) is 0 Å². The van der Waals surface area contributed by atoms with E-state index in [4.69, 9.17) is 0 Å². The summed E-state index contributed by atoms with van der Waals surface area (Å²) < 4.78 is 65.4. The molecule has 0 bridgehead atoms. The number of urea groups is 1. The van der Waals surface area contributed by atoms with Crippen LogP contribution in [0.1, 0.15) is 47.9 Å². The van der Waals surface area contributed by atoms with Gasteiger partial charge >= 0.3 is 12.2 Å². The molecule has 1 fully saturated rings. The van der Waals surface area contributed by atoms with E-state index in [1.54, 1.807) is 0 Å². The van der Waals surface area contributed by atoms with E-state index < -0.39 is 34.0 Å². The van der Waals surface area contributed by atoms with Crippen LogP contribution in [0.25, 0.3) is 0 Å². The maximum Gasteiger partial charge on any atom is 0.401 e. The third-order valence-electron chi connectivity index (χ3n) is 6.25. The fraction of sp³-hybridized carbons (Fsp3) is 0.650. The lowest BCUT2D eigenvalue weighted by Gasteiger charge is -2.32. The fourth-order valence-electron chi connectivity index (χ4n) is 4.98. The lowest BCUT2D eigenvalue weighted by Crippen LogP contribution is -2.50. The van der Waals surface area contributed by atoms with Crippen molar-refractivity contribution in [1.82, 2.24) is 9.62 Å². The summed E-state index contributed by atoms with van der Waals surface area (Å²) in [5, 5.41) is 1.72. The highest BCUT2D eigenvalue weighted by Gasteiger charge is 2.37. The van der Waals surface area contributed by atoms with Gasteiger partial charge in [-0.3, -0.25) is 4.90 Å². The number of nitrogens with one attached hydrogen (secondary N) is 2. The molecule has 1 aromatic rings. The highest BCUT2D eigenvalue weighted by molar-refractivity contribution is 7.90. The second-order valence-electron chi connectivity index (χ2n) is 8.45. The van der Waals surface area contributed by atoms with Crippen molar-refractivity contribution >= 4 is 21.7 Å². The van der Waals surface area contributed by atoms with Crippen LogP contribution in [-0.2, 0) is 35.7 Å². The molecule has 1 aromatic carbocycles. The third-order valence-corrected chi connectivity index (χ3v) is 7.98. The van der Waals surface area contributed by atoms with Gasteiger partial charge in [0.1, 0.15) is 0 Å². The van der Waals surface area contributed by atoms with Crippen molar-refractivity contribution in [2.24, 2.45) is 0 Å². The van der Waals surface area contributed by atoms with Crippen molar-refractivity contribution < 1.29 is 26.4 Å². The SMILES string of the molecule is O=C(Nc1c2c(cc3c1CCC3)CCC2)NS(=O)(=O)C1CCCN(CC(F)(F)F)C1. The summed E-state index contributed by atoms with van der Waals surface area (Å²) in [6.45, 7) is -1.19. The Hall–Kier alpha value is -1.81. The smallest absolute Gasteiger partial charge is 0.307 e. The molecule has 2 N–H and O–H groups in total. The number of benzene rings is 1. The van der Waals surface area contributed by atoms with Crippen molar-refractivity contribution in [3.05, 3.63) is 28.3 Å². The number of piperidine rings is 1. The number of aryl methyl sites for hydroxylation is 2. The number of hydrogen-bond acceptors (Lipinski definition) is 4. The van der Waals surface area contributed by atoms with Gasteiger partial charge in [-0.05, 0) is 80.2 Å². The molecule has 4 rings (SSSR count). The summed E-state index contributed by atoms with van der Waals surface area (Å²) in [5.74, 6) is 0. The highest BCUT2D eigenvalue weighted by Crippen LogP contribution is 2.38. The summed E-state index contributed by atoms with van der Waals surface area (Å²) in [5.41, 5.74) is 5.31. The molecule has 0 radical (unpaired) electrons. The number of alkyl halides is 3. The molecule has 0 saturated carbocycles. The first-order valence-corrected chi connectivity index (χ1v) is 12.0. The molecule has 0 spiro atoms. The van der Waals surface area contributed by atoms with Crippen molar-refractivity contribution in [1.29, 1.82) is 0 Å². The Balaban J connectivity index is 1.46. The van der Waals surface area contributed by atoms with Gasteiger partial charge in [0.25, 0.3) is 0 Å². The van der Waals surface area contributed by atoms with Gasteiger partial charge in [0.05, 0.1) is 11.8 Å². The Labute approximate surface area is 174 Å². The van der Waals surface area contributed by atoms with E-state index in [-0.39, 0.29) is 19.5 Å². The maximum absolute atomic E-state index is 12.7. The topological polar surface area (TPSA) is 78.5 Å². The second-order valence-corrected chi connectivity index (χ2v) is 10.4. The van der Waals surface area contributed by atoms with E-state index in [0.717, 1.165) is 60.2 Å². The minimum atomic E-state index is -4.38. The number of sulfonamides is 1. The maximum atomic E-state index is 12.7. The summed E-state index contributed by atoms with van der Waals surface area (Å²) in [6.07, 6.45) is 1.79. The predicted molar refractivity (Wildman–Crippen MR) is 107 cm³/mol. The van der Waals surface area contributed by atoms with Gasteiger partial charge in [-0.15, -0.1) is 0 Å². The molecular weight excluding hydrogens is 419 g/mol. The number of anilines is 1. The minimum absolute atomic E-state index is 0.194. The molecule has 0 aromatic heterocycles. The van der Waals surface area contributed by atoms with Crippen LogP contribution in [0.5, 0.6) is 0 Å². The zero-order valence-electron chi connectivity index (χ0n) is 16.6. The normalized spacial score (nSPS) is 21.9. The van der Waals surface area contributed by atoms with E-state index in [1.165, 1.54) is 11.1 Å². The average Bonchev–Trinajstić information content (AvgIpc) is 3.29. The Morgan fingerprint density at radius 2 is 1.70 bits per heavy atom. The van der Waals surface area contributed by atoms with Gasteiger partial charge in [-0.25, -0.2) is 17.9 Å². The van der Waals surface area contributed by atoms with E-state index in [9.17, 15) is 26.4 Å². The Morgan fingerprint density at radius 1 is 1.07 bits per heavy atom. The lowest BCUT2D eigenvalue weighted by atomic mass is 9.99. The second kappa shape index (κ2) is 8.03. The molecule has 6 nitrogen and oxygen atoms in total. The van der Waals surface area contributed by atoms with Crippen molar-refractivity contribution in [2.75, 3.05) is 25.0 Å². The minimum Gasteiger partial charge on any atom is -0.307 e. The first kappa shape index (κ1) is 21.4. The molecule has 1 saturated heterocycles. The number of likely N-dealkylation sites (tertiary alicyclic amines) is 1. The van der Waals surface area contributed by atoms with Crippen LogP contribution in [0.3, 0.4) is 0 Å². The first-order valence-electron chi connectivity index (χ1n) is 10.4. The number of amides is 2. The zero-order valence-corrected chi connectivity index (χ0v) is 17.5. The monoisotopic (exact) mass is 445 g/mol. The summed E-state index contributed by atoms with van der Waals surface area (Å²) >= 11 is 0. The van der Waals surface area contributed by atoms with E-state index >= 15 is 0 Å². The van der Waals surface area contributed by atoms with Crippen molar-refractivity contribution in [3.63, 3.8) is 0 Å². The molecule has 1 unspecified atom stereocenters. The molecule has 2 amide bonds. The van der Waals surface area contributed by atoms with Crippen LogP contribution < -0.4 is 10.0 Å². The largest absolute Gasteiger partial charge is 0.401 e. The molecule has 1 atom stereocenters. The third kappa shape index (κ3) is 4.59. The van der Waals surface area contributed by atoms with Crippen molar-refractivity contribution in [2.45, 2.75) is 62.8 Å². The number of hydrogen-bond donors (Lipinski definition) is 2. The number of rotatable bonds is 4. The average molecular weight is 446 g/mol. The Bertz CT molecular complexity index is 915. The molecule has 3 aliphatic rings. The van der Waals surface area contributed by atoms with Crippen LogP contribution in [-0.4, -0.2) is 50.4 Å². The first-order chi connectivity index (χ1) is 14.1. The van der Waals surface area contributed by atoms with Gasteiger partial charge < -0.3 is 5.32 Å². The molecule has 10 heteroatoms. The van der Waals surface area contributed by atoms with E-state index in [0.29, 0.717) is 6.42 Å². The quantitative estimate of drug-likeness (QED) is 0.747. The number of nitrogens with zero attached hydrogens (tertiary/aromatic N) is 1.